The summed E-state index contributed by atoms with van der Waals surface area (Å²) in [5.74, 6) is -2.79. The number of benzene rings is 1. The minimum atomic E-state index is -1.21. The van der Waals surface area contributed by atoms with Crippen LogP contribution in [0.25, 0.3) is 10.9 Å². The highest BCUT2D eigenvalue weighted by Crippen LogP contribution is 2.19. The molecule has 14 heteroatoms. The van der Waals surface area contributed by atoms with Gasteiger partial charge in [0, 0.05) is 23.6 Å². The number of thioether (sulfide) groups is 1. The third-order valence-corrected chi connectivity index (χ3v) is 7.15. The minimum Gasteiger partial charge on any atom is -0.480 e. The Morgan fingerprint density at radius 3 is 2.32 bits per heavy atom. The van der Waals surface area contributed by atoms with Crippen LogP contribution in [0.5, 0.6) is 0 Å². The lowest BCUT2D eigenvalue weighted by molar-refractivity contribution is -0.142. The molecule has 4 unspecified atom stereocenters. The highest BCUT2D eigenvalue weighted by atomic mass is 32.2. The molecule has 3 amide bonds. The molecule has 226 valence electrons. The Bertz CT molecular complexity index is 1210. The number of nitrogens with zero attached hydrogens (tertiary/aromatic N) is 1. The monoisotopic (exact) mass is 590 g/mol. The van der Waals surface area contributed by atoms with E-state index in [2.05, 4.69) is 25.9 Å². The number of carboxylic acid groups (broad SMARTS) is 1. The number of aromatic nitrogens is 1. The quantitative estimate of drug-likeness (QED) is 0.0705. The second kappa shape index (κ2) is 16.5. The number of aliphatic imine (C=N–C) groups is 1. The van der Waals surface area contributed by atoms with Gasteiger partial charge in [-0.2, -0.15) is 11.8 Å². The van der Waals surface area contributed by atoms with Gasteiger partial charge in [-0.15, -0.1) is 0 Å². The zero-order valence-corrected chi connectivity index (χ0v) is 24.5. The van der Waals surface area contributed by atoms with Crippen LogP contribution in [0, 0.1) is 5.92 Å². The van der Waals surface area contributed by atoms with Crippen LogP contribution < -0.4 is 33.2 Å². The molecule has 0 fully saturated rings. The van der Waals surface area contributed by atoms with Gasteiger partial charge >= 0.3 is 5.97 Å². The number of aliphatic carboxylic acids is 1. The van der Waals surface area contributed by atoms with Gasteiger partial charge in [0.2, 0.25) is 17.7 Å². The average molecular weight is 591 g/mol. The van der Waals surface area contributed by atoms with Crippen molar-refractivity contribution in [3.05, 3.63) is 36.0 Å². The second-order valence-corrected chi connectivity index (χ2v) is 11.1. The Kier molecular flexibility index (Phi) is 13.4. The predicted molar refractivity (Wildman–Crippen MR) is 161 cm³/mol. The molecule has 1 aromatic heterocycles. The van der Waals surface area contributed by atoms with Crippen molar-refractivity contribution in [3.8, 4) is 0 Å². The molecule has 2 rings (SSSR count). The van der Waals surface area contributed by atoms with Crippen LogP contribution in [-0.4, -0.2) is 82.5 Å². The van der Waals surface area contributed by atoms with Gasteiger partial charge in [-0.3, -0.25) is 19.4 Å². The molecule has 2 aromatic rings. The lowest BCUT2D eigenvalue weighted by Crippen LogP contribution is -2.58. The van der Waals surface area contributed by atoms with Crippen LogP contribution in [0.4, 0.5) is 0 Å². The van der Waals surface area contributed by atoms with E-state index in [-0.39, 0.29) is 37.7 Å². The Balaban J connectivity index is 2.06. The summed E-state index contributed by atoms with van der Waals surface area (Å²) in [6, 6.07) is 3.61. The molecule has 0 radical (unpaired) electrons. The number of carbonyl (C=O) groups excluding carboxylic acids is 3. The molecule has 1 heterocycles. The lowest BCUT2D eigenvalue weighted by Gasteiger charge is -2.27. The zero-order valence-electron chi connectivity index (χ0n) is 23.7. The lowest BCUT2D eigenvalue weighted by atomic mass is 10.0. The van der Waals surface area contributed by atoms with Crippen molar-refractivity contribution in [1.82, 2.24) is 20.9 Å². The molecule has 0 aliphatic heterocycles. The van der Waals surface area contributed by atoms with Crippen LogP contribution >= 0.6 is 11.8 Å². The highest BCUT2D eigenvalue weighted by molar-refractivity contribution is 7.98. The van der Waals surface area contributed by atoms with Gasteiger partial charge in [0.25, 0.3) is 0 Å². The first-order chi connectivity index (χ1) is 19.4. The SMILES string of the molecule is CSCCC(NC(=O)C(NC(=O)C(N)Cc1c[nH]c2ccccc12)C(C)C)C(=O)NC(CCCN=C(N)N)C(=O)O. The van der Waals surface area contributed by atoms with E-state index in [1.165, 1.54) is 11.8 Å². The van der Waals surface area contributed by atoms with Crippen molar-refractivity contribution in [2.75, 3.05) is 18.6 Å². The fourth-order valence-corrected chi connectivity index (χ4v) is 4.70. The summed E-state index contributed by atoms with van der Waals surface area (Å²) in [6.07, 6.45) is 4.62. The van der Waals surface area contributed by atoms with Crippen LogP contribution in [0.2, 0.25) is 0 Å². The number of hydrogen-bond acceptors (Lipinski definition) is 7. The van der Waals surface area contributed by atoms with Crippen LogP contribution in [0.3, 0.4) is 0 Å². The smallest absolute Gasteiger partial charge is 0.326 e. The number of carbonyl (C=O) groups is 4. The number of rotatable bonds is 17. The van der Waals surface area contributed by atoms with E-state index < -0.39 is 47.9 Å². The number of hydrogen-bond donors (Lipinski definition) is 8. The number of nitrogens with two attached hydrogens (primary N) is 3. The summed E-state index contributed by atoms with van der Waals surface area (Å²) in [7, 11) is 0. The number of fused-ring (bicyclic) bond motifs is 1. The number of guanidine groups is 1. The maximum atomic E-state index is 13.3. The van der Waals surface area contributed by atoms with Crippen molar-refractivity contribution in [2.24, 2.45) is 28.1 Å². The van der Waals surface area contributed by atoms with Gasteiger partial charge in [0.15, 0.2) is 5.96 Å². The summed E-state index contributed by atoms with van der Waals surface area (Å²) in [4.78, 5) is 58.1. The van der Waals surface area contributed by atoms with Crippen molar-refractivity contribution in [3.63, 3.8) is 0 Å². The Morgan fingerprint density at radius 2 is 1.68 bits per heavy atom. The Hall–Kier alpha value is -3.78. The first-order valence-corrected chi connectivity index (χ1v) is 14.8. The number of carboxylic acids is 1. The molecule has 41 heavy (non-hydrogen) atoms. The molecule has 11 N–H and O–H groups in total. The van der Waals surface area contributed by atoms with Crippen LogP contribution in [0.15, 0.2) is 35.5 Å². The number of para-hydroxylation sites is 1. The molecule has 0 aliphatic carbocycles. The van der Waals surface area contributed by atoms with Crippen molar-refractivity contribution >= 4 is 52.3 Å². The van der Waals surface area contributed by atoms with E-state index >= 15 is 0 Å². The zero-order chi connectivity index (χ0) is 30.5. The van der Waals surface area contributed by atoms with Crippen LogP contribution in [-0.2, 0) is 25.6 Å². The largest absolute Gasteiger partial charge is 0.480 e. The molecule has 0 saturated carbocycles. The van der Waals surface area contributed by atoms with Gasteiger partial charge in [0.1, 0.15) is 18.1 Å². The van der Waals surface area contributed by atoms with Gasteiger partial charge in [-0.1, -0.05) is 32.0 Å². The van der Waals surface area contributed by atoms with Gasteiger partial charge in [-0.25, -0.2) is 4.79 Å². The van der Waals surface area contributed by atoms with E-state index in [9.17, 15) is 24.3 Å². The predicted octanol–water partition coefficient (Wildman–Crippen LogP) is 0.0394. The second-order valence-electron chi connectivity index (χ2n) is 10.1. The molecule has 0 saturated heterocycles. The molecule has 0 spiro atoms. The van der Waals surface area contributed by atoms with Gasteiger partial charge < -0.3 is 43.2 Å². The number of aromatic amines is 1. The molecule has 1 aromatic carbocycles. The molecular formula is C27H42N8O5S. The van der Waals surface area contributed by atoms with Gasteiger partial charge in [-0.05, 0) is 55.2 Å². The summed E-state index contributed by atoms with van der Waals surface area (Å²) in [5, 5.41) is 18.5. The summed E-state index contributed by atoms with van der Waals surface area (Å²) in [6.45, 7) is 3.75. The summed E-state index contributed by atoms with van der Waals surface area (Å²) >= 11 is 1.48. The first kappa shape index (κ1) is 33.4. The standard InChI is InChI=1S/C27H42N8O5S/c1-15(2)22(35-23(36)18(28)13-16-14-32-19-8-5-4-7-17(16)19)25(38)33-20(10-12-41-3)24(37)34-21(26(39)40)9-6-11-31-27(29)30/h4-5,7-8,14-15,18,20-22,32H,6,9-13,28H2,1-3H3,(H,33,38)(H,34,37)(H,35,36)(H,39,40)(H4,29,30,31). The third-order valence-electron chi connectivity index (χ3n) is 6.50. The number of amides is 3. The average Bonchev–Trinajstić information content (AvgIpc) is 3.32. The van der Waals surface area contributed by atoms with E-state index in [0.717, 1.165) is 16.5 Å². The summed E-state index contributed by atoms with van der Waals surface area (Å²) in [5.41, 5.74) is 18.6. The fourth-order valence-electron chi connectivity index (χ4n) is 4.22. The Labute approximate surface area is 243 Å². The van der Waals surface area contributed by atoms with E-state index in [1.54, 1.807) is 13.8 Å². The Morgan fingerprint density at radius 1 is 1.00 bits per heavy atom. The van der Waals surface area contributed by atoms with E-state index in [4.69, 9.17) is 17.2 Å². The molecular weight excluding hydrogens is 548 g/mol. The number of H-pyrrole nitrogens is 1. The maximum Gasteiger partial charge on any atom is 0.326 e. The van der Waals surface area contributed by atoms with E-state index in [1.807, 2.05) is 36.7 Å². The molecule has 13 nitrogen and oxygen atoms in total. The van der Waals surface area contributed by atoms with E-state index in [0.29, 0.717) is 12.2 Å². The molecule has 4 atom stereocenters. The minimum absolute atomic E-state index is 0.0973. The fraction of sp³-hybridized carbons (Fsp3) is 0.519. The van der Waals surface area contributed by atoms with Crippen LogP contribution in [0.1, 0.15) is 38.7 Å². The summed E-state index contributed by atoms with van der Waals surface area (Å²) < 4.78 is 0. The van der Waals surface area contributed by atoms with Gasteiger partial charge in [0.05, 0.1) is 6.04 Å². The molecule has 0 bridgehead atoms. The molecule has 0 aliphatic rings. The topological polar surface area (TPSA) is 231 Å². The first-order valence-electron chi connectivity index (χ1n) is 13.4. The maximum absolute atomic E-state index is 13.3. The van der Waals surface area contributed by atoms with Crippen molar-refractivity contribution in [2.45, 2.75) is 63.7 Å². The highest BCUT2D eigenvalue weighted by Gasteiger charge is 2.31. The van der Waals surface area contributed by atoms with Crippen molar-refractivity contribution < 1.29 is 24.3 Å². The normalized spacial score (nSPS) is 14.1. The number of nitrogens with one attached hydrogen (secondary N) is 4. The third kappa shape index (κ3) is 10.6. The van der Waals surface area contributed by atoms with Crippen molar-refractivity contribution in [1.29, 1.82) is 0 Å².